The number of rotatable bonds is 7. The summed E-state index contributed by atoms with van der Waals surface area (Å²) < 4.78 is 28.5. The first-order chi connectivity index (χ1) is 10.1. The zero-order valence-electron chi connectivity index (χ0n) is 12.3. The standard InChI is InChI=1S/C15H20F2N4/c1-3-6-18-13(9-15-19-10-20-21(15)2)7-11-4-5-12(16)8-14(11)17/h4-5,8,10,13,18H,3,6-7,9H2,1-2H3. The number of nitrogens with zero attached hydrogens (tertiary/aromatic N) is 3. The first-order valence-corrected chi connectivity index (χ1v) is 7.10. The third-order valence-electron chi connectivity index (χ3n) is 3.40. The van der Waals surface area contributed by atoms with Gasteiger partial charge in [0.15, 0.2) is 0 Å². The van der Waals surface area contributed by atoms with Crippen LogP contribution >= 0.6 is 0 Å². The van der Waals surface area contributed by atoms with E-state index in [0.29, 0.717) is 18.4 Å². The van der Waals surface area contributed by atoms with E-state index in [0.717, 1.165) is 24.9 Å². The van der Waals surface area contributed by atoms with Gasteiger partial charge in [0.05, 0.1) is 0 Å². The fourth-order valence-electron chi connectivity index (χ4n) is 2.24. The lowest BCUT2D eigenvalue weighted by Gasteiger charge is -2.18. The van der Waals surface area contributed by atoms with Gasteiger partial charge >= 0.3 is 0 Å². The molecule has 0 spiro atoms. The maximum atomic E-state index is 13.8. The summed E-state index contributed by atoms with van der Waals surface area (Å²) in [5, 5.41) is 7.42. The molecule has 0 aliphatic heterocycles. The van der Waals surface area contributed by atoms with Crippen LogP contribution in [0.3, 0.4) is 0 Å². The Labute approximate surface area is 123 Å². The van der Waals surface area contributed by atoms with Crippen molar-refractivity contribution < 1.29 is 8.78 Å². The Hall–Kier alpha value is -1.82. The molecule has 2 aromatic rings. The molecule has 1 heterocycles. The third-order valence-corrected chi connectivity index (χ3v) is 3.40. The van der Waals surface area contributed by atoms with E-state index in [-0.39, 0.29) is 6.04 Å². The molecule has 1 atom stereocenters. The van der Waals surface area contributed by atoms with Gasteiger partial charge < -0.3 is 5.32 Å². The van der Waals surface area contributed by atoms with E-state index in [4.69, 9.17) is 0 Å². The zero-order valence-corrected chi connectivity index (χ0v) is 12.3. The van der Waals surface area contributed by atoms with Crippen LogP contribution in [0.15, 0.2) is 24.5 Å². The highest BCUT2D eigenvalue weighted by atomic mass is 19.1. The molecular weight excluding hydrogens is 274 g/mol. The van der Waals surface area contributed by atoms with E-state index >= 15 is 0 Å². The van der Waals surface area contributed by atoms with Gasteiger partial charge in [-0.1, -0.05) is 13.0 Å². The summed E-state index contributed by atoms with van der Waals surface area (Å²) in [7, 11) is 1.83. The molecule has 0 aliphatic rings. The molecule has 0 bridgehead atoms. The largest absolute Gasteiger partial charge is 0.313 e. The van der Waals surface area contributed by atoms with Gasteiger partial charge in [0, 0.05) is 25.6 Å². The van der Waals surface area contributed by atoms with Gasteiger partial charge in [0.25, 0.3) is 0 Å². The van der Waals surface area contributed by atoms with Crippen molar-refractivity contribution in [3.8, 4) is 0 Å². The smallest absolute Gasteiger partial charge is 0.138 e. The quantitative estimate of drug-likeness (QED) is 0.851. The van der Waals surface area contributed by atoms with Crippen LogP contribution in [0.2, 0.25) is 0 Å². The molecule has 0 radical (unpaired) electrons. The Morgan fingerprint density at radius 2 is 2.10 bits per heavy atom. The minimum absolute atomic E-state index is 0.0350. The first kappa shape index (κ1) is 15.6. The number of hydrogen-bond acceptors (Lipinski definition) is 3. The van der Waals surface area contributed by atoms with Gasteiger partial charge in [-0.05, 0) is 31.0 Å². The van der Waals surface area contributed by atoms with Crippen LogP contribution in [0.5, 0.6) is 0 Å². The Kier molecular flexibility index (Phi) is 5.38. The van der Waals surface area contributed by atoms with Crippen LogP contribution in [0.4, 0.5) is 8.78 Å². The van der Waals surface area contributed by atoms with Crippen molar-refractivity contribution in [1.29, 1.82) is 0 Å². The molecule has 0 aliphatic carbocycles. The second-order valence-corrected chi connectivity index (χ2v) is 5.09. The van der Waals surface area contributed by atoms with Crippen molar-refractivity contribution in [3.05, 3.63) is 47.5 Å². The highest BCUT2D eigenvalue weighted by Crippen LogP contribution is 2.13. The fourth-order valence-corrected chi connectivity index (χ4v) is 2.24. The predicted octanol–water partition coefficient (Wildman–Crippen LogP) is 2.25. The number of benzene rings is 1. The molecule has 1 N–H and O–H groups in total. The topological polar surface area (TPSA) is 42.7 Å². The lowest BCUT2D eigenvalue weighted by atomic mass is 10.0. The molecule has 2 rings (SSSR count). The first-order valence-electron chi connectivity index (χ1n) is 7.10. The van der Waals surface area contributed by atoms with Gasteiger partial charge in [0.1, 0.15) is 23.8 Å². The lowest BCUT2D eigenvalue weighted by molar-refractivity contribution is 0.474. The summed E-state index contributed by atoms with van der Waals surface area (Å²) in [6, 6.07) is 3.75. The summed E-state index contributed by atoms with van der Waals surface area (Å²) in [5.74, 6) is -0.218. The molecule has 6 heteroatoms. The lowest BCUT2D eigenvalue weighted by Crippen LogP contribution is -2.35. The van der Waals surface area contributed by atoms with Crippen molar-refractivity contribution in [2.75, 3.05) is 6.54 Å². The number of halogens is 2. The number of aromatic nitrogens is 3. The maximum absolute atomic E-state index is 13.8. The van der Waals surface area contributed by atoms with E-state index in [1.165, 1.54) is 18.5 Å². The summed E-state index contributed by atoms with van der Waals surface area (Å²) in [5.41, 5.74) is 0.507. The maximum Gasteiger partial charge on any atom is 0.138 e. The third kappa shape index (κ3) is 4.32. The molecule has 0 saturated carbocycles. The van der Waals surface area contributed by atoms with Crippen molar-refractivity contribution in [3.63, 3.8) is 0 Å². The highest BCUT2D eigenvalue weighted by molar-refractivity contribution is 5.20. The van der Waals surface area contributed by atoms with Crippen LogP contribution in [0.1, 0.15) is 24.7 Å². The molecule has 0 amide bonds. The van der Waals surface area contributed by atoms with E-state index in [2.05, 4.69) is 22.3 Å². The molecule has 0 saturated heterocycles. The monoisotopic (exact) mass is 294 g/mol. The van der Waals surface area contributed by atoms with Crippen LogP contribution in [0.25, 0.3) is 0 Å². The van der Waals surface area contributed by atoms with Crippen LogP contribution < -0.4 is 5.32 Å². The van der Waals surface area contributed by atoms with Gasteiger partial charge in [-0.3, -0.25) is 4.68 Å². The highest BCUT2D eigenvalue weighted by Gasteiger charge is 2.15. The van der Waals surface area contributed by atoms with Crippen molar-refractivity contribution in [1.82, 2.24) is 20.1 Å². The SMILES string of the molecule is CCCNC(Cc1ccc(F)cc1F)Cc1ncnn1C. The minimum atomic E-state index is -0.553. The Bertz CT molecular complexity index is 583. The fraction of sp³-hybridized carbons (Fsp3) is 0.467. The Balaban J connectivity index is 2.10. The summed E-state index contributed by atoms with van der Waals surface area (Å²) in [4.78, 5) is 4.20. The normalized spacial score (nSPS) is 12.6. The number of nitrogens with one attached hydrogen (secondary N) is 1. The van der Waals surface area contributed by atoms with Crippen LogP contribution in [-0.4, -0.2) is 27.4 Å². The molecule has 0 fully saturated rings. The second-order valence-electron chi connectivity index (χ2n) is 5.09. The van der Waals surface area contributed by atoms with Gasteiger partial charge in [0.2, 0.25) is 0 Å². The Morgan fingerprint density at radius 1 is 1.29 bits per heavy atom. The molecule has 4 nitrogen and oxygen atoms in total. The summed E-state index contributed by atoms with van der Waals surface area (Å²) in [6.07, 6.45) is 3.62. The van der Waals surface area contributed by atoms with Crippen LogP contribution in [0, 0.1) is 11.6 Å². The predicted molar refractivity (Wildman–Crippen MR) is 76.9 cm³/mol. The van der Waals surface area contributed by atoms with E-state index in [9.17, 15) is 8.78 Å². The second kappa shape index (κ2) is 7.26. The van der Waals surface area contributed by atoms with E-state index in [1.807, 2.05) is 7.05 Å². The van der Waals surface area contributed by atoms with Crippen molar-refractivity contribution in [2.45, 2.75) is 32.2 Å². The summed E-state index contributed by atoms with van der Waals surface area (Å²) >= 11 is 0. The van der Waals surface area contributed by atoms with Gasteiger partial charge in [-0.15, -0.1) is 0 Å². The molecular formula is C15H20F2N4. The zero-order chi connectivity index (χ0) is 15.2. The van der Waals surface area contributed by atoms with Crippen molar-refractivity contribution in [2.24, 2.45) is 7.05 Å². The average molecular weight is 294 g/mol. The summed E-state index contributed by atoms with van der Waals surface area (Å²) in [6.45, 7) is 2.91. The minimum Gasteiger partial charge on any atom is -0.313 e. The molecule has 1 aromatic heterocycles. The number of aryl methyl sites for hydroxylation is 1. The molecule has 21 heavy (non-hydrogen) atoms. The van der Waals surface area contributed by atoms with Gasteiger partial charge in [-0.25, -0.2) is 13.8 Å². The average Bonchev–Trinajstić information content (AvgIpc) is 2.84. The van der Waals surface area contributed by atoms with E-state index < -0.39 is 11.6 Å². The number of hydrogen-bond donors (Lipinski definition) is 1. The van der Waals surface area contributed by atoms with Gasteiger partial charge in [-0.2, -0.15) is 5.10 Å². The van der Waals surface area contributed by atoms with Crippen LogP contribution in [-0.2, 0) is 19.9 Å². The van der Waals surface area contributed by atoms with Crippen molar-refractivity contribution >= 4 is 0 Å². The molecule has 1 unspecified atom stereocenters. The van der Waals surface area contributed by atoms with E-state index in [1.54, 1.807) is 4.68 Å². The molecule has 1 aromatic carbocycles. The molecule has 114 valence electrons. The Morgan fingerprint density at radius 3 is 2.71 bits per heavy atom.